The Balaban J connectivity index is 2.34. The first kappa shape index (κ1) is 13.7. The molecule has 0 bridgehead atoms. The van der Waals surface area contributed by atoms with Gasteiger partial charge in [-0.3, -0.25) is 10.1 Å². The topological polar surface area (TPSA) is 61.6 Å². The molecule has 0 aliphatic heterocycles. The molecule has 2 aromatic carbocycles. The SMILES string of the molecule is COc1cc(Oc2ccc(F)c(F)c2)cc([N+](=O)[O-])c1. The minimum Gasteiger partial charge on any atom is -0.496 e. The maximum Gasteiger partial charge on any atom is 0.276 e. The average molecular weight is 281 g/mol. The number of hydrogen-bond donors (Lipinski definition) is 0. The number of methoxy groups -OCH3 is 1. The van der Waals surface area contributed by atoms with E-state index in [0.29, 0.717) is 0 Å². The van der Waals surface area contributed by atoms with E-state index in [9.17, 15) is 18.9 Å². The molecular formula is C13H9F2NO4. The van der Waals surface area contributed by atoms with Gasteiger partial charge in [-0.1, -0.05) is 0 Å². The summed E-state index contributed by atoms with van der Waals surface area (Å²) in [7, 11) is 1.35. The van der Waals surface area contributed by atoms with E-state index in [-0.39, 0.29) is 22.9 Å². The highest BCUT2D eigenvalue weighted by atomic mass is 19.2. The fourth-order valence-corrected chi connectivity index (χ4v) is 1.52. The number of rotatable bonds is 4. The molecule has 104 valence electrons. The van der Waals surface area contributed by atoms with Crippen molar-refractivity contribution in [1.29, 1.82) is 0 Å². The van der Waals surface area contributed by atoms with Gasteiger partial charge in [0.25, 0.3) is 5.69 Å². The second-order valence-corrected chi connectivity index (χ2v) is 3.80. The van der Waals surface area contributed by atoms with Crippen LogP contribution in [-0.4, -0.2) is 12.0 Å². The fraction of sp³-hybridized carbons (Fsp3) is 0.0769. The van der Waals surface area contributed by atoms with E-state index in [4.69, 9.17) is 9.47 Å². The number of non-ortho nitro benzene ring substituents is 1. The molecule has 7 heteroatoms. The maximum absolute atomic E-state index is 13.0. The molecule has 20 heavy (non-hydrogen) atoms. The van der Waals surface area contributed by atoms with Crippen LogP contribution in [0.15, 0.2) is 36.4 Å². The lowest BCUT2D eigenvalue weighted by atomic mass is 10.2. The van der Waals surface area contributed by atoms with Crippen molar-refractivity contribution in [3.05, 3.63) is 58.1 Å². The molecule has 2 rings (SSSR count). The molecule has 5 nitrogen and oxygen atoms in total. The number of benzene rings is 2. The van der Waals surface area contributed by atoms with Crippen LogP contribution in [0.2, 0.25) is 0 Å². The van der Waals surface area contributed by atoms with Crippen LogP contribution in [0.3, 0.4) is 0 Å². The molecule has 2 aromatic rings. The Morgan fingerprint density at radius 3 is 2.30 bits per heavy atom. The van der Waals surface area contributed by atoms with E-state index in [1.54, 1.807) is 0 Å². The van der Waals surface area contributed by atoms with Gasteiger partial charge in [0, 0.05) is 12.1 Å². The highest BCUT2D eigenvalue weighted by Crippen LogP contribution is 2.31. The van der Waals surface area contributed by atoms with Crippen LogP contribution in [0, 0.1) is 21.7 Å². The van der Waals surface area contributed by atoms with Crippen LogP contribution in [0.25, 0.3) is 0 Å². The molecule has 0 saturated carbocycles. The summed E-state index contributed by atoms with van der Waals surface area (Å²) < 4.78 is 36.0. The number of nitro benzene ring substituents is 1. The fourth-order valence-electron chi connectivity index (χ4n) is 1.52. The summed E-state index contributed by atoms with van der Waals surface area (Å²) >= 11 is 0. The summed E-state index contributed by atoms with van der Waals surface area (Å²) in [5, 5.41) is 10.8. The number of halogens is 2. The molecule has 0 amide bonds. The van der Waals surface area contributed by atoms with Crippen LogP contribution < -0.4 is 9.47 Å². The van der Waals surface area contributed by atoms with Crippen molar-refractivity contribution in [2.45, 2.75) is 0 Å². The molecule has 0 saturated heterocycles. The first-order valence-corrected chi connectivity index (χ1v) is 5.46. The average Bonchev–Trinajstić information content (AvgIpc) is 2.42. The van der Waals surface area contributed by atoms with Crippen LogP contribution in [0.4, 0.5) is 14.5 Å². The first-order chi connectivity index (χ1) is 9.49. The van der Waals surface area contributed by atoms with Crippen LogP contribution in [0.1, 0.15) is 0 Å². The van der Waals surface area contributed by atoms with Crippen LogP contribution in [0.5, 0.6) is 17.2 Å². The van der Waals surface area contributed by atoms with E-state index in [2.05, 4.69) is 0 Å². The minimum atomic E-state index is -1.07. The maximum atomic E-state index is 13.0. The van der Waals surface area contributed by atoms with Crippen molar-refractivity contribution in [2.75, 3.05) is 7.11 Å². The van der Waals surface area contributed by atoms with Gasteiger partial charge >= 0.3 is 0 Å². The van der Waals surface area contributed by atoms with Gasteiger partial charge in [-0.2, -0.15) is 0 Å². The van der Waals surface area contributed by atoms with Crippen LogP contribution >= 0.6 is 0 Å². The van der Waals surface area contributed by atoms with Crippen molar-refractivity contribution in [3.8, 4) is 17.2 Å². The largest absolute Gasteiger partial charge is 0.496 e. The third kappa shape index (κ3) is 3.00. The van der Waals surface area contributed by atoms with Gasteiger partial charge in [0.15, 0.2) is 11.6 Å². The highest BCUT2D eigenvalue weighted by Gasteiger charge is 2.12. The Morgan fingerprint density at radius 1 is 1.00 bits per heavy atom. The highest BCUT2D eigenvalue weighted by molar-refractivity contribution is 5.47. The third-order valence-electron chi connectivity index (χ3n) is 2.44. The zero-order valence-corrected chi connectivity index (χ0v) is 10.3. The lowest BCUT2D eigenvalue weighted by Gasteiger charge is -2.08. The van der Waals surface area contributed by atoms with E-state index in [0.717, 1.165) is 18.2 Å². The van der Waals surface area contributed by atoms with Gasteiger partial charge in [-0.15, -0.1) is 0 Å². The van der Waals surface area contributed by atoms with Crippen molar-refractivity contribution in [2.24, 2.45) is 0 Å². The Bertz CT molecular complexity index is 661. The number of nitrogens with zero attached hydrogens (tertiary/aromatic N) is 1. The monoisotopic (exact) mass is 281 g/mol. The third-order valence-corrected chi connectivity index (χ3v) is 2.44. The number of hydrogen-bond acceptors (Lipinski definition) is 4. The molecule has 0 aliphatic carbocycles. The van der Waals surface area contributed by atoms with E-state index in [1.807, 2.05) is 0 Å². The standard InChI is InChI=1S/C13H9F2NO4/c1-19-10-4-8(16(17)18)5-11(6-10)20-9-2-3-12(14)13(15)7-9/h2-7H,1H3. The lowest BCUT2D eigenvalue weighted by Crippen LogP contribution is -1.93. The van der Waals surface area contributed by atoms with Gasteiger partial charge in [0.2, 0.25) is 0 Å². The summed E-state index contributed by atoms with van der Waals surface area (Å²) in [5.74, 6) is -1.75. The van der Waals surface area contributed by atoms with Gasteiger partial charge < -0.3 is 9.47 Å². The van der Waals surface area contributed by atoms with Gasteiger partial charge in [0.1, 0.15) is 17.2 Å². The molecule has 0 fully saturated rings. The Kier molecular flexibility index (Phi) is 3.79. The minimum absolute atomic E-state index is 0.0199. The number of nitro groups is 1. The van der Waals surface area contributed by atoms with Crippen molar-refractivity contribution >= 4 is 5.69 Å². The summed E-state index contributed by atoms with van der Waals surface area (Å²) in [6.45, 7) is 0. The van der Waals surface area contributed by atoms with E-state index < -0.39 is 16.6 Å². The molecule has 0 heterocycles. The Labute approximate surface area is 112 Å². The quantitative estimate of drug-likeness (QED) is 0.633. The lowest BCUT2D eigenvalue weighted by molar-refractivity contribution is -0.385. The second-order valence-electron chi connectivity index (χ2n) is 3.80. The first-order valence-electron chi connectivity index (χ1n) is 5.46. The predicted octanol–water partition coefficient (Wildman–Crippen LogP) is 3.67. The Morgan fingerprint density at radius 2 is 1.70 bits per heavy atom. The Hall–Kier alpha value is -2.70. The summed E-state index contributed by atoms with van der Waals surface area (Å²) in [6, 6.07) is 6.74. The summed E-state index contributed by atoms with van der Waals surface area (Å²) in [4.78, 5) is 10.1. The van der Waals surface area contributed by atoms with E-state index >= 15 is 0 Å². The smallest absolute Gasteiger partial charge is 0.276 e. The van der Waals surface area contributed by atoms with Crippen LogP contribution in [-0.2, 0) is 0 Å². The van der Waals surface area contributed by atoms with Crippen molar-refractivity contribution in [1.82, 2.24) is 0 Å². The van der Waals surface area contributed by atoms with E-state index in [1.165, 1.54) is 25.3 Å². The number of ether oxygens (including phenoxy) is 2. The van der Waals surface area contributed by atoms with Gasteiger partial charge in [-0.05, 0) is 12.1 Å². The second kappa shape index (κ2) is 5.52. The normalized spacial score (nSPS) is 10.2. The zero-order valence-electron chi connectivity index (χ0n) is 10.3. The zero-order chi connectivity index (χ0) is 14.7. The van der Waals surface area contributed by atoms with Crippen molar-refractivity contribution < 1.29 is 23.2 Å². The molecule has 0 aromatic heterocycles. The van der Waals surface area contributed by atoms with Crippen molar-refractivity contribution in [3.63, 3.8) is 0 Å². The molecular weight excluding hydrogens is 272 g/mol. The summed E-state index contributed by atoms with van der Waals surface area (Å²) in [5.41, 5.74) is -0.234. The molecule has 0 unspecified atom stereocenters. The van der Waals surface area contributed by atoms with Gasteiger partial charge in [-0.25, -0.2) is 8.78 Å². The molecule has 0 atom stereocenters. The molecule has 0 N–H and O–H groups in total. The predicted molar refractivity (Wildman–Crippen MR) is 66.1 cm³/mol. The molecule has 0 aliphatic rings. The molecule has 0 spiro atoms. The van der Waals surface area contributed by atoms with Gasteiger partial charge in [0.05, 0.1) is 24.2 Å². The molecule has 0 radical (unpaired) electrons. The summed E-state index contributed by atoms with van der Waals surface area (Å²) in [6.07, 6.45) is 0.